The van der Waals surface area contributed by atoms with Crippen LogP contribution in [0, 0.1) is 0 Å². The molecule has 0 radical (unpaired) electrons. The Morgan fingerprint density at radius 2 is 0.840 bits per heavy atom. The van der Waals surface area contributed by atoms with Crippen LogP contribution in [0.15, 0.2) is 173 Å². The fraction of sp³-hybridized carbons (Fsp3) is 0. The lowest BCUT2D eigenvalue weighted by Gasteiger charge is -2.15. The zero-order valence-corrected chi connectivity index (χ0v) is 26.7. The molecule has 3 heterocycles. The van der Waals surface area contributed by atoms with Crippen molar-refractivity contribution in [1.29, 1.82) is 0 Å². The van der Waals surface area contributed by atoms with Crippen LogP contribution in [0.3, 0.4) is 0 Å². The number of nitrogens with zero attached hydrogens (tertiary/aromatic N) is 3. The van der Waals surface area contributed by atoms with Crippen LogP contribution in [0.5, 0.6) is 0 Å². The Hall–Kier alpha value is -6.85. The third-order valence-electron chi connectivity index (χ3n) is 9.36. The summed E-state index contributed by atoms with van der Waals surface area (Å²) in [4.78, 5) is 15.2. The van der Waals surface area contributed by atoms with Crippen LogP contribution in [0.2, 0.25) is 0 Å². The van der Waals surface area contributed by atoms with Gasteiger partial charge < -0.3 is 8.83 Å². The molecule has 10 rings (SSSR count). The monoisotopic (exact) mass is 641 g/mol. The molecule has 0 aliphatic heterocycles. The van der Waals surface area contributed by atoms with Gasteiger partial charge in [0.1, 0.15) is 22.3 Å². The molecule has 0 saturated heterocycles. The van der Waals surface area contributed by atoms with E-state index < -0.39 is 0 Å². The zero-order valence-electron chi connectivity index (χ0n) is 26.7. The molecule has 0 unspecified atom stereocenters. The van der Waals surface area contributed by atoms with E-state index >= 15 is 0 Å². The van der Waals surface area contributed by atoms with Crippen LogP contribution in [0.1, 0.15) is 0 Å². The summed E-state index contributed by atoms with van der Waals surface area (Å²) in [5, 5.41) is 4.30. The highest BCUT2D eigenvalue weighted by molar-refractivity contribution is 6.14. The van der Waals surface area contributed by atoms with E-state index in [1.165, 1.54) is 0 Å². The summed E-state index contributed by atoms with van der Waals surface area (Å²) < 4.78 is 12.5. The van der Waals surface area contributed by atoms with Crippen LogP contribution in [-0.4, -0.2) is 15.0 Å². The van der Waals surface area contributed by atoms with Crippen molar-refractivity contribution in [3.63, 3.8) is 0 Å². The van der Waals surface area contributed by atoms with E-state index in [9.17, 15) is 0 Å². The van der Waals surface area contributed by atoms with Gasteiger partial charge in [-0.2, -0.15) is 0 Å². The van der Waals surface area contributed by atoms with Crippen molar-refractivity contribution >= 4 is 43.9 Å². The molecule has 5 heteroatoms. The maximum Gasteiger partial charge on any atom is 0.164 e. The van der Waals surface area contributed by atoms with Gasteiger partial charge in [0.25, 0.3) is 0 Å². The minimum absolute atomic E-state index is 0.598. The molecule has 0 amide bonds. The Morgan fingerprint density at radius 1 is 0.300 bits per heavy atom. The van der Waals surface area contributed by atoms with Gasteiger partial charge in [0.2, 0.25) is 0 Å². The molecule has 234 valence electrons. The Kier molecular flexibility index (Phi) is 6.42. The van der Waals surface area contributed by atoms with Gasteiger partial charge in [-0.05, 0) is 64.7 Å². The molecule has 0 spiro atoms. The summed E-state index contributed by atoms with van der Waals surface area (Å²) in [6.07, 6.45) is 0. The highest BCUT2D eigenvalue weighted by Crippen LogP contribution is 2.42. The average molecular weight is 642 g/mol. The topological polar surface area (TPSA) is 65.0 Å². The summed E-state index contributed by atoms with van der Waals surface area (Å²) in [5.74, 6) is 1.84. The Bertz CT molecular complexity index is 2810. The maximum atomic E-state index is 6.36. The lowest BCUT2D eigenvalue weighted by atomic mass is 9.91. The van der Waals surface area contributed by atoms with Crippen molar-refractivity contribution in [2.45, 2.75) is 0 Å². The minimum Gasteiger partial charge on any atom is -0.456 e. The molecule has 0 saturated carbocycles. The molecule has 3 aromatic heterocycles. The third-order valence-corrected chi connectivity index (χ3v) is 9.36. The van der Waals surface area contributed by atoms with Gasteiger partial charge in [0.15, 0.2) is 17.5 Å². The molecule has 0 aliphatic rings. The van der Waals surface area contributed by atoms with E-state index in [1.807, 2.05) is 91.0 Å². The summed E-state index contributed by atoms with van der Waals surface area (Å²) in [7, 11) is 0. The minimum atomic E-state index is 0.598. The van der Waals surface area contributed by atoms with Crippen molar-refractivity contribution in [3.8, 4) is 56.4 Å². The van der Waals surface area contributed by atoms with E-state index in [1.54, 1.807) is 0 Å². The standard InChI is InChI=1S/C45H27N3O2/c1-3-12-28(13-4-1)43-46-44(29-14-5-2-6-15-29)48-45(47-43)34-24-22-30(31-23-25-40-37(27-31)32-16-7-9-19-38(32)49-40)26-36(34)33-18-11-21-41-42(33)35-17-8-10-20-39(35)50-41/h1-27H. The quantitative estimate of drug-likeness (QED) is 0.187. The molecule has 7 aromatic carbocycles. The Balaban J connectivity index is 1.25. The number of rotatable bonds is 5. The first-order chi connectivity index (χ1) is 24.8. The number of aromatic nitrogens is 3. The number of furan rings is 2. The predicted molar refractivity (Wildman–Crippen MR) is 202 cm³/mol. The number of hydrogen-bond acceptors (Lipinski definition) is 5. The zero-order chi connectivity index (χ0) is 33.0. The van der Waals surface area contributed by atoms with E-state index in [4.69, 9.17) is 23.8 Å². The molecule has 0 bridgehead atoms. The van der Waals surface area contributed by atoms with Gasteiger partial charge in [-0.15, -0.1) is 0 Å². The highest BCUT2D eigenvalue weighted by Gasteiger charge is 2.20. The first-order valence-corrected chi connectivity index (χ1v) is 16.6. The molecule has 5 nitrogen and oxygen atoms in total. The number of hydrogen-bond donors (Lipinski definition) is 0. The SMILES string of the molecule is c1ccc(-c2nc(-c3ccccc3)nc(-c3ccc(-c4ccc5oc6ccccc6c5c4)cc3-c3cccc4oc5ccccc5c34)n2)cc1. The van der Waals surface area contributed by atoms with Crippen molar-refractivity contribution in [1.82, 2.24) is 15.0 Å². The average Bonchev–Trinajstić information content (AvgIpc) is 3.76. The predicted octanol–water partition coefficient (Wildman–Crippen LogP) is 12.0. The maximum absolute atomic E-state index is 6.36. The second kappa shape index (κ2) is 11.4. The summed E-state index contributed by atoms with van der Waals surface area (Å²) in [6, 6.07) is 55.8. The van der Waals surface area contributed by atoms with Gasteiger partial charge in [-0.1, -0.05) is 121 Å². The number of benzene rings is 7. The van der Waals surface area contributed by atoms with Crippen LogP contribution >= 0.6 is 0 Å². The largest absolute Gasteiger partial charge is 0.456 e. The second-order valence-electron chi connectivity index (χ2n) is 12.4. The van der Waals surface area contributed by atoms with Gasteiger partial charge in [0, 0.05) is 38.2 Å². The van der Waals surface area contributed by atoms with Crippen LogP contribution in [-0.2, 0) is 0 Å². The van der Waals surface area contributed by atoms with Crippen LogP contribution in [0.4, 0.5) is 0 Å². The van der Waals surface area contributed by atoms with Crippen molar-refractivity contribution in [3.05, 3.63) is 164 Å². The van der Waals surface area contributed by atoms with E-state index in [-0.39, 0.29) is 0 Å². The molecule has 10 aromatic rings. The molecular weight excluding hydrogens is 615 g/mol. The summed E-state index contributed by atoms with van der Waals surface area (Å²) in [5.41, 5.74) is 10.4. The molecule has 0 N–H and O–H groups in total. The molecule has 0 fully saturated rings. The van der Waals surface area contributed by atoms with E-state index in [2.05, 4.69) is 72.8 Å². The van der Waals surface area contributed by atoms with Crippen molar-refractivity contribution in [2.24, 2.45) is 0 Å². The van der Waals surface area contributed by atoms with Gasteiger partial charge in [-0.25, -0.2) is 15.0 Å². The fourth-order valence-corrected chi connectivity index (χ4v) is 6.98. The molecule has 0 aliphatic carbocycles. The molecule has 50 heavy (non-hydrogen) atoms. The van der Waals surface area contributed by atoms with Gasteiger partial charge >= 0.3 is 0 Å². The number of fused-ring (bicyclic) bond motifs is 6. The summed E-state index contributed by atoms with van der Waals surface area (Å²) >= 11 is 0. The first-order valence-electron chi connectivity index (χ1n) is 16.6. The van der Waals surface area contributed by atoms with E-state index in [0.717, 1.165) is 82.8 Å². The second-order valence-corrected chi connectivity index (χ2v) is 12.4. The Labute approximate surface area is 287 Å². The van der Waals surface area contributed by atoms with Crippen molar-refractivity contribution < 1.29 is 8.83 Å². The van der Waals surface area contributed by atoms with Crippen LogP contribution < -0.4 is 0 Å². The van der Waals surface area contributed by atoms with Gasteiger partial charge in [0.05, 0.1) is 0 Å². The normalized spacial score (nSPS) is 11.6. The molecule has 0 atom stereocenters. The smallest absolute Gasteiger partial charge is 0.164 e. The summed E-state index contributed by atoms with van der Waals surface area (Å²) in [6.45, 7) is 0. The van der Waals surface area contributed by atoms with Crippen molar-refractivity contribution in [2.75, 3.05) is 0 Å². The third kappa shape index (κ3) is 4.67. The van der Waals surface area contributed by atoms with E-state index in [0.29, 0.717) is 17.5 Å². The highest BCUT2D eigenvalue weighted by atomic mass is 16.3. The Morgan fingerprint density at radius 3 is 1.58 bits per heavy atom. The lowest BCUT2D eigenvalue weighted by molar-refractivity contribution is 0.668. The number of para-hydroxylation sites is 2. The van der Waals surface area contributed by atoms with Crippen LogP contribution in [0.25, 0.3) is 100 Å². The fourth-order valence-electron chi connectivity index (χ4n) is 6.98. The lowest BCUT2D eigenvalue weighted by Crippen LogP contribution is -2.01. The first kappa shape index (κ1) is 28.2. The molecular formula is C45H27N3O2. The van der Waals surface area contributed by atoms with Gasteiger partial charge in [-0.3, -0.25) is 0 Å².